The minimum Gasteiger partial charge on any atom is -0.353 e. The van der Waals surface area contributed by atoms with E-state index in [1.54, 1.807) is 42.6 Å². The van der Waals surface area contributed by atoms with Crippen molar-refractivity contribution in [3.8, 4) is 10.7 Å². The van der Waals surface area contributed by atoms with Crippen LogP contribution in [0.4, 0.5) is 21.8 Å². The van der Waals surface area contributed by atoms with Gasteiger partial charge in [-0.05, 0) is 36.4 Å². The lowest BCUT2D eigenvalue weighted by atomic mass is 10.3. The summed E-state index contributed by atoms with van der Waals surface area (Å²) in [6.45, 7) is 0.409. The molecule has 0 radical (unpaired) electrons. The maximum absolute atomic E-state index is 13.2. The molecule has 0 aliphatic heterocycles. The van der Waals surface area contributed by atoms with Crippen LogP contribution in [-0.4, -0.2) is 36.5 Å². The largest absolute Gasteiger partial charge is 0.353 e. The highest BCUT2D eigenvalue weighted by molar-refractivity contribution is 7.89. The average molecular weight is 471 g/mol. The molecule has 2 aromatic heterocycles. The van der Waals surface area contributed by atoms with Crippen molar-refractivity contribution >= 4 is 38.8 Å². The second-order valence-corrected chi connectivity index (χ2v) is 9.23. The van der Waals surface area contributed by atoms with Crippen LogP contribution >= 0.6 is 11.3 Å². The number of benzene rings is 2. The van der Waals surface area contributed by atoms with E-state index in [4.69, 9.17) is 0 Å². The molecule has 0 bridgehead atoms. The van der Waals surface area contributed by atoms with Gasteiger partial charge >= 0.3 is 0 Å². The molecular weight excluding hydrogens is 451 g/mol. The summed E-state index contributed by atoms with van der Waals surface area (Å²) in [5.74, 6) is 0.465. The Kier molecular flexibility index (Phi) is 6.69. The molecule has 8 nitrogen and oxygen atoms in total. The summed E-state index contributed by atoms with van der Waals surface area (Å²) in [6, 6.07) is 15.8. The van der Waals surface area contributed by atoms with Crippen LogP contribution in [-0.2, 0) is 10.0 Å². The van der Waals surface area contributed by atoms with Gasteiger partial charge in [0.05, 0.1) is 4.90 Å². The van der Waals surface area contributed by atoms with Gasteiger partial charge in [-0.15, -0.1) is 11.3 Å². The zero-order chi connectivity index (χ0) is 22.4. The summed E-state index contributed by atoms with van der Waals surface area (Å²) >= 11 is 1.43. The van der Waals surface area contributed by atoms with E-state index in [-0.39, 0.29) is 23.8 Å². The number of sulfonamides is 1. The summed E-state index contributed by atoms with van der Waals surface area (Å²) in [5.41, 5.74) is 1.27. The normalized spacial score (nSPS) is 11.3. The lowest BCUT2D eigenvalue weighted by molar-refractivity contribution is 0.583. The zero-order valence-corrected chi connectivity index (χ0v) is 18.3. The van der Waals surface area contributed by atoms with Gasteiger partial charge in [-0.1, -0.05) is 18.2 Å². The minimum atomic E-state index is -3.59. The van der Waals surface area contributed by atoms with E-state index >= 15 is 0 Å². The van der Waals surface area contributed by atoms with Crippen LogP contribution in [0, 0.1) is 5.82 Å². The standard InChI is InChI=1S/C21H19FN6O2S2/c22-15-6-8-16(9-7-15)26-19-14-18(20-23-12-13-31-20)27-21(28-19)24-10-11-25-32(29,30)17-4-2-1-3-5-17/h1-9,12-14,25H,10-11H2,(H2,24,26,27,28). The summed E-state index contributed by atoms with van der Waals surface area (Å²) in [7, 11) is -3.59. The molecule has 0 aliphatic rings. The van der Waals surface area contributed by atoms with Crippen molar-refractivity contribution in [3.63, 3.8) is 0 Å². The highest BCUT2D eigenvalue weighted by Gasteiger charge is 2.13. The fourth-order valence-electron chi connectivity index (χ4n) is 2.77. The number of aromatic nitrogens is 3. The van der Waals surface area contributed by atoms with Crippen LogP contribution in [0.15, 0.2) is 77.1 Å². The average Bonchev–Trinajstić information content (AvgIpc) is 3.34. The number of rotatable bonds is 9. The van der Waals surface area contributed by atoms with Crippen molar-refractivity contribution in [2.24, 2.45) is 0 Å². The van der Waals surface area contributed by atoms with E-state index < -0.39 is 10.0 Å². The van der Waals surface area contributed by atoms with Gasteiger partial charge in [0.15, 0.2) is 0 Å². The Bertz CT molecular complexity index is 1270. The van der Waals surface area contributed by atoms with Crippen LogP contribution < -0.4 is 15.4 Å². The molecule has 2 aromatic carbocycles. The molecule has 0 aliphatic carbocycles. The van der Waals surface area contributed by atoms with E-state index in [2.05, 4.69) is 30.3 Å². The van der Waals surface area contributed by atoms with E-state index in [0.717, 1.165) is 0 Å². The van der Waals surface area contributed by atoms with E-state index in [1.807, 2.05) is 5.38 Å². The van der Waals surface area contributed by atoms with Gasteiger partial charge in [-0.25, -0.2) is 27.5 Å². The molecule has 0 unspecified atom stereocenters. The molecule has 0 spiro atoms. The third-order valence-corrected chi connectivity index (χ3v) is 6.52. The van der Waals surface area contributed by atoms with Crippen molar-refractivity contribution in [1.82, 2.24) is 19.7 Å². The maximum atomic E-state index is 13.2. The summed E-state index contributed by atoms with van der Waals surface area (Å²) in [6.07, 6.45) is 1.68. The van der Waals surface area contributed by atoms with E-state index in [0.29, 0.717) is 28.2 Å². The molecule has 11 heteroatoms. The highest BCUT2D eigenvalue weighted by atomic mass is 32.2. The van der Waals surface area contributed by atoms with Crippen molar-refractivity contribution in [3.05, 3.63) is 78.1 Å². The molecular formula is C21H19FN6O2S2. The molecule has 0 atom stereocenters. The first-order chi connectivity index (χ1) is 15.5. The SMILES string of the molecule is O=S(=O)(NCCNc1nc(Nc2ccc(F)cc2)cc(-c2nccs2)n1)c1ccccc1. The third-order valence-electron chi connectivity index (χ3n) is 4.25. The van der Waals surface area contributed by atoms with Gasteiger partial charge in [0.1, 0.15) is 22.3 Å². The fraction of sp³-hybridized carbons (Fsp3) is 0.0952. The molecule has 0 saturated carbocycles. The molecule has 32 heavy (non-hydrogen) atoms. The lowest BCUT2D eigenvalue weighted by Gasteiger charge is -2.11. The van der Waals surface area contributed by atoms with Crippen molar-refractivity contribution in [2.75, 3.05) is 23.7 Å². The van der Waals surface area contributed by atoms with E-state index in [1.165, 1.54) is 35.6 Å². The monoisotopic (exact) mass is 470 g/mol. The molecule has 4 aromatic rings. The first-order valence-corrected chi connectivity index (χ1v) is 12.0. The Labute approximate surface area is 188 Å². The Morgan fingerprint density at radius 2 is 1.75 bits per heavy atom. The lowest BCUT2D eigenvalue weighted by Crippen LogP contribution is -2.29. The number of hydrogen-bond acceptors (Lipinski definition) is 8. The predicted molar refractivity (Wildman–Crippen MR) is 123 cm³/mol. The number of halogens is 1. The van der Waals surface area contributed by atoms with Gasteiger partial charge in [0.25, 0.3) is 0 Å². The van der Waals surface area contributed by atoms with Crippen LogP contribution in [0.1, 0.15) is 0 Å². The second kappa shape index (κ2) is 9.81. The number of hydrogen-bond donors (Lipinski definition) is 3. The number of nitrogens with zero attached hydrogens (tertiary/aromatic N) is 3. The van der Waals surface area contributed by atoms with Gasteiger partial charge in [-0.3, -0.25) is 0 Å². The Balaban J connectivity index is 1.46. The maximum Gasteiger partial charge on any atom is 0.240 e. The first kappa shape index (κ1) is 21.8. The molecule has 3 N–H and O–H groups in total. The topological polar surface area (TPSA) is 109 Å². The Hall–Kier alpha value is -3.41. The number of anilines is 3. The summed E-state index contributed by atoms with van der Waals surface area (Å²) < 4.78 is 40.4. The van der Waals surface area contributed by atoms with E-state index in [9.17, 15) is 12.8 Å². The Morgan fingerprint density at radius 1 is 0.969 bits per heavy atom. The van der Waals surface area contributed by atoms with Gasteiger partial charge in [-0.2, -0.15) is 4.98 Å². The summed E-state index contributed by atoms with van der Waals surface area (Å²) in [4.78, 5) is 13.4. The molecule has 0 fully saturated rings. The molecule has 0 amide bonds. The number of thiazole rings is 1. The summed E-state index contributed by atoms with van der Waals surface area (Å²) in [5, 5.41) is 8.71. The predicted octanol–water partition coefficient (Wildman–Crippen LogP) is 3.87. The van der Waals surface area contributed by atoms with Gasteiger partial charge < -0.3 is 10.6 Å². The smallest absolute Gasteiger partial charge is 0.240 e. The quantitative estimate of drug-likeness (QED) is 0.319. The molecule has 164 valence electrons. The van der Waals surface area contributed by atoms with Crippen molar-refractivity contribution < 1.29 is 12.8 Å². The first-order valence-electron chi connectivity index (χ1n) is 9.60. The van der Waals surface area contributed by atoms with Crippen LogP contribution in [0.5, 0.6) is 0 Å². The molecule has 4 rings (SSSR count). The van der Waals surface area contributed by atoms with Gasteiger partial charge in [0.2, 0.25) is 16.0 Å². The molecule has 0 saturated heterocycles. The van der Waals surface area contributed by atoms with Crippen LogP contribution in [0.25, 0.3) is 10.7 Å². The van der Waals surface area contributed by atoms with Crippen molar-refractivity contribution in [1.29, 1.82) is 0 Å². The minimum absolute atomic E-state index is 0.142. The second-order valence-electron chi connectivity index (χ2n) is 6.57. The number of nitrogens with one attached hydrogen (secondary N) is 3. The van der Waals surface area contributed by atoms with Crippen LogP contribution in [0.2, 0.25) is 0 Å². The molecule has 2 heterocycles. The zero-order valence-electron chi connectivity index (χ0n) is 16.7. The van der Waals surface area contributed by atoms with Crippen LogP contribution in [0.3, 0.4) is 0 Å². The fourth-order valence-corrected chi connectivity index (χ4v) is 4.42. The highest BCUT2D eigenvalue weighted by Crippen LogP contribution is 2.25. The van der Waals surface area contributed by atoms with Gasteiger partial charge in [0, 0.05) is 36.4 Å². The Morgan fingerprint density at radius 3 is 2.47 bits per heavy atom. The third kappa shape index (κ3) is 5.63. The van der Waals surface area contributed by atoms with Crippen molar-refractivity contribution in [2.45, 2.75) is 4.90 Å².